The zero-order chi connectivity index (χ0) is 16.0. The lowest BCUT2D eigenvalue weighted by Gasteiger charge is -2.49. The maximum absolute atomic E-state index is 12.2. The van der Waals surface area contributed by atoms with Crippen LogP contribution in [-0.4, -0.2) is 23.5 Å². The summed E-state index contributed by atoms with van der Waals surface area (Å²) in [5.41, 5.74) is 2.31. The van der Waals surface area contributed by atoms with E-state index in [0.29, 0.717) is 24.1 Å². The van der Waals surface area contributed by atoms with Gasteiger partial charge in [0.2, 0.25) is 0 Å². The fourth-order valence-corrected chi connectivity index (χ4v) is 4.64. The number of carbonyl (C=O) groups excluding carboxylic acids is 1. The van der Waals surface area contributed by atoms with Gasteiger partial charge in [-0.15, -0.1) is 0 Å². The molecule has 23 heavy (non-hydrogen) atoms. The minimum atomic E-state index is -0.167. The number of fused-ring (bicyclic) bond motifs is 3. The molecule has 3 atom stereocenters. The van der Waals surface area contributed by atoms with E-state index in [9.17, 15) is 9.90 Å². The van der Waals surface area contributed by atoms with E-state index in [-0.39, 0.29) is 11.2 Å². The predicted molar refractivity (Wildman–Crippen MR) is 90.5 cm³/mol. The Balaban J connectivity index is 1.76. The monoisotopic (exact) mass is 311 g/mol. The number of rotatable bonds is 4. The van der Waals surface area contributed by atoms with Gasteiger partial charge in [-0.25, -0.2) is 0 Å². The molecule has 1 saturated carbocycles. The van der Waals surface area contributed by atoms with Crippen LogP contribution in [0.5, 0.6) is 5.75 Å². The smallest absolute Gasteiger partial charge is 0.156 e. The number of ketones is 1. The minimum Gasteiger partial charge on any atom is -0.508 e. The molecule has 0 bridgehead atoms. The van der Waals surface area contributed by atoms with Crippen LogP contribution in [0.3, 0.4) is 0 Å². The minimum absolute atomic E-state index is 0.167. The van der Waals surface area contributed by atoms with E-state index in [2.05, 4.69) is 18.3 Å². The lowest BCUT2D eigenvalue weighted by atomic mass is 9.56. The van der Waals surface area contributed by atoms with Gasteiger partial charge in [-0.1, -0.05) is 19.1 Å². The summed E-state index contributed by atoms with van der Waals surface area (Å²) < 4.78 is 0. The van der Waals surface area contributed by atoms with Crippen LogP contribution in [0, 0.1) is 11.8 Å². The molecule has 1 fully saturated rings. The maximum atomic E-state index is 12.2. The van der Waals surface area contributed by atoms with Crippen molar-refractivity contribution in [2.45, 2.75) is 50.5 Å². The quantitative estimate of drug-likeness (QED) is 0.898. The first-order valence-corrected chi connectivity index (χ1v) is 8.89. The molecule has 3 aliphatic rings. The van der Waals surface area contributed by atoms with E-state index in [1.807, 2.05) is 12.1 Å². The van der Waals surface area contributed by atoms with Gasteiger partial charge in [-0.2, -0.15) is 0 Å². The van der Waals surface area contributed by atoms with E-state index in [1.165, 1.54) is 24.0 Å². The van der Waals surface area contributed by atoms with Crippen LogP contribution in [0.25, 0.3) is 0 Å². The topological polar surface area (TPSA) is 49.3 Å². The van der Waals surface area contributed by atoms with Gasteiger partial charge in [-0.05, 0) is 67.5 Å². The second kappa shape index (κ2) is 5.48. The normalized spacial score (nSPS) is 32.5. The highest BCUT2D eigenvalue weighted by molar-refractivity contribution is 5.92. The molecule has 0 aliphatic heterocycles. The average molecular weight is 311 g/mol. The summed E-state index contributed by atoms with van der Waals surface area (Å²) >= 11 is 0. The summed E-state index contributed by atoms with van der Waals surface area (Å²) in [6.07, 6.45) is 9.07. The Kier molecular flexibility index (Phi) is 3.56. The van der Waals surface area contributed by atoms with Gasteiger partial charge in [0.25, 0.3) is 0 Å². The molecule has 0 spiro atoms. The second-order valence-electron chi connectivity index (χ2n) is 7.54. The Morgan fingerprint density at radius 3 is 2.91 bits per heavy atom. The Morgan fingerprint density at radius 1 is 1.35 bits per heavy atom. The van der Waals surface area contributed by atoms with Crippen LogP contribution < -0.4 is 5.32 Å². The molecule has 0 heterocycles. The van der Waals surface area contributed by atoms with Crippen molar-refractivity contribution in [2.75, 3.05) is 6.54 Å². The maximum Gasteiger partial charge on any atom is 0.156 e. The summed E-state index contributed by atoms with van der Waals surface area (Å²) in [6, 6.07) is 6.11. The number of carbonyl (C=O) groups is 1. The van der Waals surface area contributed by atoms with Crippen molar-refractivity contribution in [3.63, 3.8) is 0 Å². The summed E-state index contributed by atoms with van der Waals surface area (Å²) in [5.74, 6) is 1.70. The molecule has 0 aromatic heterocycles. The van der Waals surface area contributed by atoms with E-state index < -0.39 is 0 Å². The van der Waals surface area contributed by atoms with Crippen molar-refractivity contribution in [3.8, 4) is 5.75 Å². The number of allylic oxidation sites excluding steroid dienone is 1. The van der Waals surface area contributed by atoms with Crippen molar-refractivity contribution < 1.29 is 9.90 Å². The lowest BCUT2D eigenvalue weighted by molar-refractivity contribution is -0.117. The molecular weight excluding hydrogens is 286 g/mol. The first kappa shape index (κ1) is 14.9. The van der Waals surface area contributed by atoms with E-state index in [4.69, 9.17) is 0 Å². The van der Waals surface area contributed by atoms with Gasteiger partial charge >= 0.3 is 0 Å². The molecule has 1 aromatic carbocycles. The Bertz CT molecular complexity index is 662. The third-order valence-corrected chi connectivity index (χ3v) is 6.12. The largest absolute Gasteiger partial charge is 0.508 e. The summed E-state index contributed by atoms with van der Waals surface area (Å²) in [5, 5.41) is 13.8. The summed E-state index contributed by atoms with van der Waals surface area (Å²) in [4.78, 5) is 12.2. The van der Waals surface area contributed by atoms with Crippen molar-refractivity contribution in [3.05, 3.63) is 41.5 Å². The Morgan fingerprint density at radius 2 is 2.17 bits per heavy atom. The third kappa shape index (κ3) is 2.51. The second-order valence-corrected chi connectivity index (χ2v) is 7.54. The van der Waals surface area contributed by atoms with Crippen LogP contribution in [0.15, 0.2) is 30.4 Å². The fourth-order valence-electron chi connectivity index (χ4n) is 4.64. The van der Waals surface area contributed by atoms with Gasteiger partial charge in [0.1, 0.15) is 5.75 Å². The molecule has 3 heteroatoms. The van der Waals surface area contributed by atoms with Crippen LogP contribution in [-0.2, 0) is 16.6 Å². The number of phenolic OH excluding ortho intramolecular Hbond substituents is 1. The summed E-state index contributed by atoms with van der Waals surface area (Å²) in [7, 11) is 0. The van der Waals surface area contributed by atoms with Crippen molar-refractivity contribution >= 4 is 5.78 Å². The number of aromatic hydroxyl groups is 1. The molecule has 2 unspecified atom stereocenters. The zero-order valence-electron chi connectivity index (χ0n) is 13.7. The molecule has 0 saturated heterocycles. The number of benzene rings is 1. The molecular formula is C20H25NO2. The number of hydrogen-bond donors (Lipinski definition) is 2. The van der Waals surface area contributed by atoms with Gasteiger partial charge in [-0.3, -0.25) is 4.79 Å². The molecule has 0 amide bonds. The molecule has 3 aliphatic carbocycles. The average Bonchev–Trinajstić information content (AvgIpc) is 3.37. The highest BCUT2D eigenvalue weighted by atomic mass is 16.3. The first-order valence-electron chi connectivity index (χ1n) is 8.89. The molecule has 2 N–H and O–H groups in total. The molecule has 4 rings (SSSR count). The molecule has 0 radical (unpaired) electrons. The van der Waals surface area contributed by atoms with Gasteiger partial charge in [0.05, 0.1) is 0 Å². The highest BCUT2D eigenvalue weighted by Crippen LogP contribution is 2.50. The summed E-state index contributed by atoms with van der Waals surface area (Å²) in [6.45, 7) is 3.27. The van der Waals surface area contributed by atoms with E-state index >= 15 is 0 Å². The van der Waals surface area contributed by atoms with E-state index in [0.717, 1.165) is 25.3 Å². The standard InChI is InChI=1S/C20H25NO2/c1-2-20-11-16(23)7-8-17(20)19(21-12-13-3-4-13)9-14-5-6-15(22)10-18(14)20/h5-8,10,13,17,19,21-22H,2-4,9,11-12H2,1H3/t17?,19?,20-/m0/s1. The highest BCUT2D eigenvalue weighted by Gasteiger charge is 2.49. The molecule has 122 valence electrons. The SMILES string of the molecule is CC[C@]12CC(=O)C=CC1C(NCC1CC1)Cc1ccc(O)cc12. The predicted octanol–water partition coefficient (Wildman–Crippen LogP) is 3.11. The van der Waals surface area contributed by atoms with Gasteiger partial charge in [0.15, 0.2) is 5.78 Å². The lowest BCUT2D eigenvalue weighted by Crippen LogP contribution is -2.54. The molecule has 3 nitrogen and oxygen atoms in total. The van der Waals surface area contributed by atoms with Crippen LogP contribution >= 0.6 is 0 Å². The van der Waals surface area contributed by atoms with Crippen molar-refractivity contribution in [2.24, 2.45) is 11.8 Å². The van der Waals surface area contributed by atoms with Crippen LogP contribution in [0.4, 0.5) is 0 Å². The van der Waals surface area contributed by atoms with Crippen LogP contribution in [0.2, 0.25) is 0 Å². The van der Waals surface area contributed by atoms with Gasteiger partial charge < -0.3 is 10.4 Å². The third-order valence-electron chi connectivity index (χ3n) is 6.12. The van der Waals surface area contributed by atoms with E-state index in [1.54, 1.807) is 12.1 Å². The first-order chi connectivity index (χ1) is 11.1. The fraction of sp³-hybridized carbons (Fsp3) is 0.550. The zero-order valence-corrected chi connectivity index (χ0v) is 13.7. The number of nitrogens with one attached hydrogen (secondary N) is 1. The Labute approximate surface area is 137 Å². The van der Waals surface area contributed by atoms with Crippen LogP contribution in [0.1, 0.15) is 43.7 Å². The Hall–Kier alpha value is -1.61. The van der Waals surface area contributed by atoms with Crippen molar-refractivity contribution in [1.29, 1.82) is 0 Å². The van der Waals surface area contributed by atoms with Crippen molar-refractivity contribution in [1.82, 2.24) is 5.32 Å². The number of phenols is 1. The molecule has 1 aromatic rings. The number of hydrogen-bond acceptors (Lipinski definition) is 3. The van der Waals surface area contributed by atoms with Gasteiger partial charge in [0, 0.05) is 23.8 Å².